The van der Waals surface area contributed by atoms with Gasteiger partial charge in [-0.2, -0.15) is 0 Å². The number of aromatic nitrogens is 1. The van der Waals surface area contributed by atoms with E-state index in [2.05, 4.69) is 21.4 Å². The zero-order chi connectivity index (χ0) is 10.7. The number of hydrogen-bond donors (Lipinski definition) is 1. The Morgan fingerprint density at radius 1 is 1.20 bits per heavy atom. The molecule has 0 spiro atoms. The van der Waals surface area contributed by atoms with Gasteiger partial charge in [0.05, 0.1) is 11.0 Å². The van der Waals surface area contributed by atoms with Crippen molar-refractivity contribution in [1.29, 1.82) is 0 Å². The van der Waals surface area contributed by atoms with Crippen LogP contribution in [0.1, 0.15) is 5.56 Å². The van der Waals surface area contributed by atoms with Crippen molar-refractivity contribution in [3.63, 3.8) is 0 Å². The van der Waals surface area contributed by atoms with E-state index < -0.39 is 0 Å². The summed E-state index contributed by atoms with van der Waals surface area (Å²) in [4.78, 5) is 0. The van der Waals surface area contributed by atoms with Gasteiger partial charge in [-0.05, 0) is 39.7 Å². The molecule has 0 atom stereocenters. The number of benzene rings is 1. The van der Waals surface area contributed by atoms with Gasteiger partial charge in [-0.25, -0.2) is 4.39 Å². The summed E-state index contributed by atoms with van der Waals surface area (Å²) in [5.41, 5.74) is 4.02. The predicted octanol–water partition coefficient (Wildman–Crippen LogP) is 3.13. The van der Waals surface area contributed by atoms with E-state index in [1.165, 1.54) is 6.07 Å². The Balaban J connectivity index is 2.08. The highest BCUT2D eigenvalue weighted by atomic mass is 79.9. The average molecular weight is 269 g/mol. The molecule has 0 radical (unpaired) electrons. The van der Waals surface area contributed by atoms with Gasteiger partial charge in [-0.15, -0.1) is 0 Å². The number of rotatable bonds is 3. The fourth-order valence-corrected chi connectivity index (χ4v) is 1.71. The van der Waals surface area contributed by atoms with E-state index in [1.54, 1.807) is 6.07 Å². The maximum atomic E-state index is 13.2. The lowest BCUT2D eigenvalue weighted by molar-refractivity contribution is 0.618. The van der Waals surface area contributed by atoms with Gasteiger partial charge in [-0.1, -0.05) is 12.1 Å². The van der Waals surface area contributed by atoms with Gasteiger partial charge >= 0.3 is 0 Å². The fraction of sp³-hybridized carbons (Fsp3) is 0.0909. The molecule has 0 fully saturated rings. The zero-order valence-electron chi connectivity index (χ0n) is 7.95. The van der Waals surface area contributed by atoms with Crippen molar-refractivity contribution in [2.24, 2.45) is 0 Å². The Morgan fingerprint density at radius 2 is 1.93 bits per heavy atom. The molecule has 1 N–H and O–H groups in total. The molecule has 0 aliphatic rings. The van der Waals surface area contributed by atoms with Crippen LogP contribution in [-0.4, -0.2) is 4.68 Å². The van der Waals surface area contributed by atoms with E-state index >= 15 is 0 Å². The molecule has 0 aliphatic carbocycles. The number of nitrogens with zero attached hydrogens (tertiary/aromatic N) is 1. The minimum absolute atomic E-state index is 0.234. The van der Waals surface area contributed by atoms with E-state index in [4.69, 9.17) is 0 Å². The summed E-state index contributed by atoms with van der Waals surface area (Å²) in [6, 6.07) is 8.86. The van der Waals surface area contributed by atoms with Crippen LogP contribution in [0, 0.1) is 5.82 Å². The molecule has 0 unspecified atom stereocenters. The number of nitrogens with one attached hydrogen (secondary N) is 1. The molecule has 4 heteroatoms. The normalized spacial score (nSPS) is 10.3. The van der Waals surface area contributed by atoms with E-state index in [0.29, 0.717) is 11.0 Å². The molecule has 0 saturated carbocycles. The lowest BCUT2D eigenvalue weighted by atomic mass is 10.2. The standard InChI is InChI=1S/C11H10BrFN2/c12-11-9(4-3-5-10(11)13)8-14-15-6-1-2-7-15/h1-7,14H,8H2. The van der Waals surface area contributed by atoms with Crippen molar-refractivity contribution in [3.8, 4) is 0 Å². The van der Waals surface area contributed by atoms with Crippen molar-refractivity contribution < 1.29 is 4.39 Å². The molecular weight excluding hydrogens is 259 g/mol. The van der Waals surface area contributed by atoms with Gasteiger partial charge in [0, 0.05) is 12.4 Å². The molecule has 1 aromatic heterocycles. The molecule has 0 amide bonds. The van der Waals surface area contributed by atoms with Crippen molar-refractivity contribution >= 4 is 15.9 Å². The maximum absolute atomic E-state index is 13.2. The molecule has 2 aromatic rings. The van der Waals surface area contributed by atoms with Gasteiger partial charge < -0.3 is 5.43 Å². The van der Waals surface area contributed by atoms with Crippen LogP contribution in [0.5, 0.6) is 0 Å². The lowest BCUT2D eigenvalue weighted by Gasteiger charge is -2.09. The van der Waals surface area contributed by atoms with Gasteiger partial charge in [0.25, 0.3) is 0 Å². The Hall–Kier alpha value is -1.29. The highest BCUT2D eigenvalue weighted by molar-refractivity contribution is 9.10. The summed E-state index contributed by atoms with van der Waals surface area (Å²) in [5, 5.41) is 0. The van der Waals surface area contributed by atoms with Crippen molar-refractivity contribution in [2.45, 2.75) is 6.54 Å². The van der Waals surface area contributed by atoms with Crippen molar-refractivity contribution in [3.05, 3.63) is 58.6 Å². The molecular formula is C11H10BrFN2. The van der Waals surface area contributed by atoms with Gasteiger partial charge in [0.1, 0.15) is 5.82 Å². The number of halogens is 2. The second-order valence-electron chi connectivity index (χ2n) is 3.14. The monoisotopic (exact) mass is 268 g/mol. The van der Waals surface area contributed by atoms with E-state index in [0.717, 1.165) is 5.56 Å². The summed E-state index contributed by atoms with van der Waals surface area (Å²) >= 11 is 3.22. The SMILES string of the molecule is Fc1cccc(CNn2cccc2)c1Br. The maximum Gasteiger partial charge on any atom is 0.137 e. The largest absolute Gasteiger partial charge is 0.322 e. The highest BCUT2D eigenvalue weighted by Gasteiger charge is 2.03. The first-order valence-corrected chi connectivity index (χ1v) is 5.36. The second-order valence-corrected chi connectivity index (χ2v) is 3.93. The van der Waals surface area contributed by atoms with Crippen LogP contribution < -0.4 is 5.43 Å². The third-order valence-corrected chi connectivity index (χ3v) is 2.98. The van der Waals surface area contributed by atoms with Gasteiger partial charge in [0.15, 0.2) is 0 Å². The first-order chi connectivity index (χ1) is 7.27. The molecule has 0 aliphatic heterocycles. The molecule has 1 heterocycles. The zero-order valence-corrected chi connectivity index (χ0v) is 9.54. The van der Waals surface area contributed by atoms with E-state index in [9.17, 15) is 4.39 Å². The Morgan fingerprint density at radius 3 is 2.67 bits per heavy atom. The van der Waals surface area contributed by atoms with E-state index in [-0.39, 0.29) is 5.82 Å². The Labute approximate surface area is 95.8 Å². The number of hydrogen-bond acceptors (Lipinski definition) is 1. The minimum Gasteiger partial charge on any atom is -0.322 e. The van der Waals surface area contributed by atoms with Crippen LogP contribution >= 0.6 is 15.9 Å². The first kappa shape index (κ1) is 10.2. The summed E-state index contributed by atoms with van der Waals surface area (Å²) in [6.45, 7) is 0.576. The topological polar surface area (TPSA) is 17.0 Å². The summed E-state index contributed by atoms with van der Waals surface area (Å²) in [6.07, 6.45) is 3.79. The first-order valence-electron chi connectivity index (χ1n) is 4.57. The smallest absolute Gasteiger partial charge is 0.137 e. The lowest BCUT2D eigenvalue weighted by Crippen LogP contribution is -2.12. The van der Waals surface area contributed by atoms with Crippen molar-refractivity contribution in [1.82, 2.24) is 4.68 Å². The van der Waals surface area contributed by atoms with Crippen LogP contribution in [0.2, 0.25) is 0 Å². The fourth-order valence-electron chi connectivity index (χ4n) is 1.30. The third-order valence-electron chi connectivity index (χ3n) is 2.09. The molecule has 2 nitrogen and oxygen atoms in total. The third kappa shape index (κ3) is 2.39. The van der Waals surface area contributed by atoms with Gasteiger partial charge in [0.2, 0.25) is 0 Å². The Kier molecular flexibility index (Phi) is 3.06. The summed E-state index contributed by atoms with van der Waals surface area (Å²) < 4.78 is 15.5. The van der Waals surface area contributed by atoms with Crippen LogP contribution in [0.4, 0.5) is 4.39 Å². The van der Waals surface area contributed by atoms with Crippen LogP contribution in [-0.2, 0) is 6.54 Å². The molecule has 1 aromatic carbocycles. The van der Waals surface area contributed by atoms with Crippen molar-refractivity contribution in [2.75, 3.05) is 5.43 Å². The predicted molar refractivity (Wildman–Crippen MR) is 61.6 cm³/mol. The minimum atomic E-state index is -0.234. The summed E-state index contributed by atoms with van der Waals surface area (Å²) in [7, 11) is 0. The molecule has 15 heavy (non-hydrogen) atoms. The Bertz CT molecular complexity index is 440. The van der Waals surface area contributed by atoms with E-state index in [1.807, 2.05) is 35.3 Å². The van der Waals surface area contributed by atoms with Gasteiger partial charge in [-0.3, -0.25) is 4.68 Å². The van der Waals surface area contributed by atoms with Crippen LogP contribution in [0.15, 0.2) is 47.2 Å². The average Bonchev–Trinajstić information content (AvgIpc) is 2.73. The van der Waals surface area contributed by atoms with Crippen LogP contribution in [0.25, 0.3) is 0 Å². The molecule has 2 rings (SSSR count). The quantitative estimate of drug-likeness (QED) is 0.905. The molecule has 0 saturated heterocycles. The molecule has 0 bridgehead atoms. The highest BCUT2D eigenvalue weighted by Crippen LogP contribution is 2.20. The second kappa shape index (κ2) is 4.49. The molecule has 78 valence electrons. The van der Waals surface area contributed by atoms with Crippen LogP contribution in [0.3, 0.4) is 0 Å². The summed E-state index contributed by atoms with van der Waals surface area (Å²) in [5.74, 6) is -0.234.